The molecular weight excluding hydrogens is 529 g/mol. The van der Waals surface area contributed by atoms with Crippen molar-refractivity contribution in [2.45, 2.75) is 18.7 Å². The van der Waals surface area contributed by atoms with E-state index < -0.39 is 32.0 Å². The van der Waals surface area contributed by atoms with Crippen molar-refractivity contribution in [1.82, 2.24) is 9.97 Å². The monoisotopic (exact) mass is 544 g/mol. The van der Waals surface area contributed by atoms with Crippen LogP contribution in [0.2, 0.25) is 10.0 Å². The van der Waals surface area contributed by atoms with E-state index in [1.807, 2.05) is 0 Å². The zero-order valence-corrected chi connectivity index (χ0v) is 20.6. The van der Waals surface area contributed by atoms with E-state index in [0.29, 0.717) is 11.4 Å². The molecule has 0 aliphatic carbocycles. The number of benzene rings is 2. The first-order valence-corrected chi connectivity index (χ1v) is 12.8. The summed E-state index contributed by atoms with van der Waals surface area (Å²) in [5.74, 6) is -0.106. The first-order valence-electron chi connectivity index (χ1n) is 9.23. The Morgan fingerprint density at radius 2 is 1.53 bits per heavy atom. The van der Waals surface area contributed by atoms with Crippen molar-refractivity contribution in [2.75, 3.05) is 14.3 Å². The molecular formula is C19H16Cl2N5O6S2-. The average molecular weight is 545 g/mol. The molecule has 0 radical (unpaired) electrons. The number of hydrogen-bond donors (Lipinski definition) is 2. The first kappa shape index (κ1) is 25.6. The second-order valence-electron chi connectivity index (χ2n) is 6.85. The van der Waals surface area contributed by atoms with Crippen LogP contribution in [0, 0.1) is 13.8 Å². The number of aromatic nitrogens is 2. The highest BCUT2D eigenvalue weighted by Crippen LogP contribution is 2.31. The van der Waals surface area contributed by atoms with Gasteiger partial charge < -0.3 is 9.87 Å². The number of amides is 2. The fourth-order valence-electron chi connectivity index (χ4n) is 2.82. The van der Waals surface area contributed by atoms with Crippen LogP contribution in [0.5, 0.6) is 0 Å². The van der Waals surface area contributed by atoms with Gasteiger partial charge in [0, 0.05) is 22.1 Å². The van der Waals surface area contributed by atoms with E-state index in [1.165, 1.54) is 18.2 Å². The topological polar surface area (TPSA) is 161 Å². The summed E-state index contributed by atoms with van der Waals surface area (Å²) in [5, 5.41) is 2.12. The summed E-state index contributed by atoms with van der Waals surface area (Å²) in [6.07, 6.45) is 0. The lowest BCUT2D eigenvalue weighted by molar-refractivity contribution is 0.259. The number of anilines is 3. The molecule has 0 spiro atoms. The number of nitrogens with zero attached hydrogens (tertiary/aromatic N) is 3. The quantitative estimate of drug-likeness (QED) is 0.443. The third-order valence-corrected chi connectivity index (χ3v) is 6.85. The Balaban J connectivity index is 1.83. The number of nitrogens with one attached hydrogen (secondary N) is 2. The lowest BCUT2D eigenvalue weighted by Gasteiger charge is -2.26. The molecule has 34 heavy (non-hydrogen) atoms. The highest BCUT2D eigenvalue weighted by molar-refractivity contribution is 7.92. The third-order valence-electron chi connectivity index (χ3n) is 4.16. The predicted molar refractivity (Wildman–Crippen MR) is 126 cm³/mol. The summed E-state index contributed by atoms with van der Waals surface area (Å²) in [4.78, 5) is 20.4. The molecule has 0 saturated heterocycles. The van der Waals surface area contributed by atoms with Gasteiger partial charge in [-0.25, -0.2) is 36.3 Å². The number of rotatable bonds is 6. The van der Waals surface area contributed by atoms with Gasteiger partial charge in [-0.2, -0.15) is 4.31 Å². The van der Waals surface area contributed by atoms with Crippen LogP contribution in [0.25, 0.3) is 0 Å². The minimum Gasteiger partial charge on any atom is -0.730 e. The Labute approximate surface area is 205 Å². The van der Waals surface area contributed by atoms with Crippen molar-refractivity contribution in [2.24, 2.45) is 0 Å². The van der Waals surface area contributed by atoms with E-state index >= 15 is 0 Å². The van der Waals surface area contributed by atoms with E-state index in [1.54, 1.807) is 19.9 Å². The predicted octanol–water partition coefficient (Wildman–Crippen LogP) is 3.70. The summed E-state index contributed by atoms with van der Waals surface area (Å²) in [7, 11) is -9.38. The molecule has 0 saturated carbocycles. The lowest BCUT2D eigenvalue weighted by Crippen LogP contribution is -2.40. The van der Waals surface area contributed by atoms with Crippen LogP contribution in [-0.4, -0.2) is 37.4 Å². The number of halogens is 2. The molecule has 2 aromatic carbocycles. The maximum absolute atomic E-state index is 12.6. The zero-order valence-electron chi connectivity index (χ0n) is 17.5. The van der Waals surface area contributed by atoms with Crippen LogP contribution in [-0.2, 0) is 20.3 Å². The fraction of sp³-hybridized carbons (Fsp3) is 0.105. The number of carbonyl (C=O) groups excluding carboxylic acids is 1. The van der Waals surface area contributed by atoms with Crippen molar-refractivity contribution < 1.29 is 26.2 Å². The SMILES string of the molecule is Cc1cc(C)nc(NS(=O)(=O)c2ccc(NC(=O)N(c3ccc(Cl)cc3Cl)S(=O)(=O)[O-])cc2)n1. The Hall–Kier alpha value is -2.97. The molecule has 2 amide bonds. The largest absolute Gasteiger partial charge is 0.730 e. The van der Waals surface area contributed by atoms with Gasteiger partial charge in [0.05, 0.1) is 15.6 Å². The van der Waals surface area contributed by atoms with Crippen LogP contribution in [0.4, 0.5) is 22.1 Å². The van der Waals surface area contributed by atoms with Gasteiger partial charge in [-0.15, -0.1) is 0 Å². The van der Waals surface area contributed by atoms with Crippen molar-refractivity contribution in [3.05, 3.63) is 70.0 Å². The second-order valence-corrected chi connectivity index (χ2v) is 10.6. The lowest BCUT2D eigenvalue weighted by atomic mass is 10.3. The highest BCUT2D eigenvalue weighted by atomic mass is 35.5. The van der Waals surface area contributed by atoms with E-state index in [4.69, 9.17) is 23.2 Å². The summed E-state index contributed by atoms with van der Waals surface area (Å²) in [5.41, 5.74) is 0.740. The summed E-state index contributed by atoms with van der Waals surface area (Å²) >= 11 is 11.7. The summed E-state index contributed by atoms with van der Waals surface area (Å²) in [6, 6.07) is 8.57. The molecule has 0 atom stereocenters. The molecule has 0 bridgehead atoms. The number of sulfonamides is 1. The molecule has 0 unspecified atom stereocenters. The maximum atomic E-state index is 12.6. The number of aryl methyl sites for hydroxylation is 2. The molecule has 180 valence electrons. The number of urea groups is 1. The Morgan fingerprint density at radius 1 is 0.941 bits per heavy atom. The second kappa shape index (κ2) is 9.72. The van der Waals surface area contributed by atoms with E-state index in [9.17, 15) is 26.2 Å². The molecule has 0 fully saturated rings. The minimum atomic E-state index is -5.32. The van der Waals surface area contributed by atoms with Crippen LogP contribution in [0.15, 0.2) is 53.4 Å². The number of carbonyl (C=O) groups is 1. The first-order chi connectivity index (χ1) is 15.8. The molecule has 15 heteroatoms. The van der Waals surface area contributed by atoms with Gasteiger partial charge in [-0.1, -0.05) is 23.2 Å². The fourth-order valence-corrected chi connectivity index (χ4v) is 4.96. The highest BCUT2D eigenvalue weighted by Gasteiger charge is 2.25. The zero-order chi connectivity index (χ0) is 25.3. The smallest absolute Gasteiger partial charge is 0.339 e. The average Bonchev–Trinajstić information content (AvgIpc) is 2.68. The Morgan fingerprint density at radius 3 is 2.06 bits per heavy atom. The Bertz CT molecular complexity index is 1440. The van der Waals surface area contributed by atoms with Crippen molar-refractivity contribution >= 4 is 66.9 Å². The van der Waals surface area contributed by atoms with E-state index in [-0.39, 0.29) is 30.9 Å². The van der Waals surface area contributed by atoms with Gasteiger partial charge in [-0.3, -0.25) is 0 Å². The molecule has 3 rings (SSSR count). The van der Waals surface area contributed by atoms with Crippen molar-refractivity contribution in [1.29, 1.82) is 0 Å². The van der Waals surface area contributed by atoms with Crippen LogP contribution in [0.1, 0.15) is 11.4 Å². The molecule has 3 aromatic rings. The van der Waals surface area contributed by atoms with Crippen molar-refractivity contribution in [3.8, 4) is 0 Å². The van der Waals surface area contributed by atoms with Gasteiger partial charge in [0.1, 0.15) is 0 Å². The van der Waals surface area contributed by atoms with Crippen LogP contribution in [0.3, 0.4) is 0 Å². The maximum Gasteiger partial charge on any atom is 0.339 e. The molecule has 2 N–H and O–H groups in total. The van der Waals surface area contributed by atoms with Gasteiger partial charge in [0.15, 0.2) is 10.3 Å². The molecule has 11 nitrogen and oxygen atoms in total. The minimum absolute atomic E-state index is 0.00494. The Kier molecular flexibility index (Phi) is 7.33. The van der Waals surface area contributed by atoms with E-state index in [2.05, 4.69) is 20.0 Å². The molecule has 1 aromatic heterocycles. The van der Waals surface area contributed by atoms with E-state index in [0.717, 1.165) is 24.3 Å². The van der Waals surface area contributed by atoms with Gasteiger partial charge in [0.25, 0.3) is 10.0 Å². The van der Waals surface area contributed by atoms with Gasteiger partial charge >= 0.3 is 6.03 Å². The summed E-state index contributed by atoms with van der Waals surface area (Å²) in [6.45, 7) is 3.37. The third kappa shape index (κ3) is 6.12. The normalized spacial score (nSPS) is 11.7. The standard InChI is InChI=1S/C19H17Cl2N5O6S2/c1-11-9-12(2)23-18(22-11)25-33(28,29)15-6-4-14(5-7-15)24-19(27)26(34(30,31)32)17-8-3-13(20)10-16(17)21/h3-10H,1-2H3,(H,24,27)(H,22,23,25)(H,30,31,32)/p-1. The molecule has 0 aliphatic rings. The van der Waals surface area contributed by atoms with Gasteiger partial charge in [0.2, 0.25) is 5.95 Å². The number of hydrogen-bond acceptors (Lipinski definition) is 8. The van der Waals surface area contributed by atoms with Crippen LogP contribution >= 0.6 is 23.2 Å². The summed E-state index contributed by atoms with van der Waals surface area (Å²) < 4.78 is 62.6. The van der Waals surface area contributed by atoms with Crippen LogP contribution < -0.4 is 14.3 Å². The van der Waals surface area contributed by atoms with Crippen molar-refractivity contribution in [3.63, 3.8) is 0 Å². The van der Waals surface area contributed by atoms with Gasteiger partial charge in [-0.05, 0) is 62.4 Å². The molecule has 1 heterocycles. The molecule has 0 aliphatic heterocycles.